The topological polar surface area (TPSA) is 37.4 Å². The first kappa shape index (κ1) is 11.4. The van der Waals surface area contributed by atoms with Gasteiger partial charge in [0, 0.05) is 12.0 Å². The highest BCUT2D eigenvalue weighted by atomic mass is 16.2. The molecule has 0 N–H and O–H groups in total. The van der Waals surface area contributed by atoms with Gasteiger partial charge in [-0.1, -0.05) is 42.5 Å². The molecule has 0 spiro atoms. The minimum absolute atomic E-state index is 0.0183. The average molecular weight is 263 g/mol. The normalized spacial score (nSPS) is 23.9. The molecule has 98 valence electrons. The molecule has 0 saturated heterocycles. The SMILES string of the molecule is O=C1c2ccccc2C(=O)N1[C@@H]1C[C@@H]1c1ccccc1. The van der Waals surface area contributed by atoms with Crippen LogP contribution >= 0.6 is 0 Å². The van der Waals surface area contributed by atoms with Crippen LogP contribution in [0.4, 0.5) is 0 Å². The van der Waals surface area contributed by atoms with E-state index in [0.29, 0.717) is 17.0 Å². The molecule has 2 amide bonds. The Bertz CT molecular complexity index is 673. The molecular formula is C17H13NO2. The Balaban J connectivity index is 1.64. The van der Waals surface area contributed by atoms with Crippen LogP contribution in [0, 0.1) is 0 Å². The monoisotopic (exact) mass is 263 g/mol. The maximum Gasteiger partial charge on any atom is 0.261 e. The Hall–Kier alpha value is -2.42. The van der Waals surface area contributed by atoms with Crippen molar-refractivity contribution in [1.29, 1.82) is 0 Å². The number of imide groups is 1. The van der Waals surface area contributed by atoms with E-state index in [-0.39, 0.29) is 17.9 Å². The van der Waals surface area contributed by atoms with Gasteiger partial charge in [-0.25, -0.2) is 0 Å². The number of benzene rings is 2. The van der Waals surface area contributed by atoms with Crippen LogP contribution in [0.5, 0.6) is 0 Å². The largest absolute Gasteiger partial charge is 0.271 e. The molecule has 0 bridgehead atoms. The highest BCUT2D eigenvalue weighted by Gasteiger charge is 2.51. The van der Waals surface area contributed by atoms with Crippen molar-refractivity contribution in [3.8, 4) is 0 Å². The van der Waals surface area contributed by atoms with E-state index in [2.05, 4.69) is 12.1 Å². The molecule has 2 aliphatic rings. The van der Waals surface area contributed by atoms with Crippen molar-refractivity contribution in [3.05, 3.63) is 71.3 Å². The van der Waals surface area contributed by atoms with Crippen molar-refractivity contribution >= 4 is 11.8 Å². The summed E-state index contributed by atoms with van der Waals surface area (Å²) < 4.78 is 0. The lowest BCUT2D eigenvalue weighted by Gasteiger charge is -2.13. The number of hydrogen-bond acceptors (Lipinski definition) is 2. The van der Waals surface area contributed by atoms with E-state index < -0.39 is 0 Å². The van der Waals surface area contributed by atoms with Crippen LogP contribution in [0.15, 0.2) is 54.6 Å². The summed E-state index contributed by atoms with van der Waals surface area (Å²) in [7, 11) is 0. The lowest BCUT2D eigenvalue weighted by molar-refractivity contribution is 0.0639. The molecule has 20 heavy (non-hydrogen) atoms. The van der Waals surface area contributed by atoms with E-state index >= 15 is 0 Å². The van der Waals surface area contributed by atoms with Gasteiger partial charge in [-0.2, -0.15) is 0 Å². The quantitative estimate of drug-likeness (QED) is 0.781. The van der Waals surface area contributed by atoms with E-state index in [0.717, 1.165) is 6.42 Å². The summed E-state index contributed by atoms with van der Waals surface area (Å²) in [5.41, 5.74) is 2.28. The summed E-state index contributed by atoms with van der Waals surface area (Å²) in [5, 5.41) is 0. The van der Waals surface area contributed by atoms with E-state index in [1.54, 1.807) is 24.3 Å². The van der Waals surface area contributed by atoms with Gasteiger partial charge in [0.25, 0.3) is 11.8 Å². The van der Waals surface area contributed by atoms with Crippen LogP contribution < -0.4 is 0 Å². The number of hydrogen-bond donors (Lipinski definition) is 0. The average Bonchev–Trinajstić information content (AvgIpc) is 3.24. The molecule has 1 fully saturated rings. The lowest BCUT2D eigenvalue weighted by Crippen LogP contribution is -2.32. The Morgan fingerprint density at radius 2 is 1.35 bits per heavy atom. The second-order valence-electron chi connectivity index (χ2n) is 5.35. The molecule has 4 rings (SSSR count). The van der Waals surface area contributed by atoms with Gasteiger partial charge in [-0.3, -0.25) is 14.5 Å². The predicted molar refractivity (Wildman–Crippen MR) is 74.5 cm³/mol. The van der Waals surface area contributed by atoms with Crippen molar-refractivity contribution in [2.75, 3.05) is 0 Å². The summed E-state index contributed by atoms with van der Waals surface area (Å²) in [6.07, 6.45) is 0.871. The van der Waals surface area contributed by atoms with Gasteiger partial charge in [0.15, 0.2) is 0 Å². The fourth-order valence-electron chi connectivity index (χ4n) is 3.03. The third kappa shape index (κ3) is 1.53. The molecule has 2 aromatic carbocycles. The molecule has 1 aliphatic heterocycles. The third-order valence-corrected chi connectivity index (χ3v) is 4.14. The summed E-state index contributed by atoms with van der Waals surface area (Å²) in [5.74, 6) is 0.00137. The summed E-state index contributed by atoms with van der Waals surface area (Å²) in [6.45, 7) is 0. The predicted octanol–water partition coefficient (Wildman–Crippen LogP) is 2.84. The first-order chi connectivity index (χ1) is 9.77. The fraction of sp³-hybridized carbons (Fsp3) is 0.176. The van der Waals surface area contributed by atoms with E-state index in [4.69, 9.17) is 0 Å². The first-order valence-corrected chi connectivity index (χ1v) is 6.79. The van der Waals surface area contributed by atoms with E-state index in [1.165, 1.54) is 10.5 Å². The Morgan fingerprint density at radius 3 is 1.95 bits per heavy atom. The standard InChI is InChI=1S/C17H13NO2/c19-16-12-8-4-5-9-13(12)17(20)18(16)15-10-14(15)11-6-2-1-3-7-11/h1-9,14-15H,10H2/t14-,15-/m1/s1. The van der Waals surface area contributed by atoms with Gasteiger partial charge in [0.05, 0.1) is 11.1 Å². The lowest BCUT2D eigenvalue weighted by atomic mass is 10.1. The molecular weight excluding hydrogens is 250 g/mol. The van der Waals surface area contributed by atoms with Gasteiger partial charge < -0.3 is 0 Å². The zero-order valence-electron chi connectivity index (χ0n) is 10.8. The molecule has 2 atom stereocenters. The van der Waals surface area contributed by atoms with Gasteiger partial charge in [-0.05, 0) is 24.1 Å². The highest BCUT2D eigenvalue weighted by molar-refractivity contribution is 6.21. The van der Waals surface area contributed by atoms with Crippen molar-refractivity contribution in [2.45, 2.75) is 18.4 Å². The Morgan fingerprint density at radius 1 is 0.800 bits per heavy atom. The van der Waals surface area contributed by atoms with Crippen molar-refractivity contribution in [3.63, 3.8) is 0 Å². The summed E-state index contributed by atoms with van der Waals surface area (Å²) in [6, 6.07) is 17.2. The molecule has 0 radical (unpaired) electrons. The molecule has 3 heteroatoms. The minimum atomic E-state index is -0.144. The molecule has 3 nitrogen and oxygen atoms in total. The van der Waals surface area contributed by atoms with Crippen molar-refractivity contribution in [1.82, 2.24) is 4.90 Å². The Kier molecular flexibility index (Phi) is 2.30. The zero-order chi connectivity index (χ0) is 13.7. The molecule has 0 aromatic heterocycles. The number of nitrogens with zero attached hydrogens (tertiary/aromatic N) is 1. The number of rotatable bonds is 2. The molecule has 2 aromatic rings. The van der Waals surface area contributed by atoms with E-state index in [1.807, 2.05) is 18.2 Å². The van der Waals surface area contributed by atoms with Crippen molar-refractivity contribution in [2.24, 2.45) is 0 Å². The second-order valence-corrected chi connectivity index (χ2v) is 5.35. The summed E-state index contributed by atoms with van der Waals surface area (Å²) >= 11 is 0. The number of carbonyl (C=O) groups excluding carboxylic acids is 2. The molecule has 1 saturated carbocycles. The van der Waals surface area contributed by atoms with Gasteiger partial charge in [0.1, 0.15) is 0 Å². The minimum Gasteiger partial charge on any atom is -0.271 e. The zero-order valence-corrected chi connectivity index (χ0v) is 10.8. The van der Waals surface area contributed by atoms with Crippen LogP contribution in [0.1, 0.15) is 38.6 Å². The van der Waals surface area contributed by atoms with Gasteiger partial charge in [0.2, 0.25) is 0 Å². The number of fused-ring (bicyclic) bond motifs is 1. The van der Waals surface area contributed by atoms with Crippen LogP contribution in [0.3, 0.4) is 0 Å². The molecule has 0 unspecified atom stereocenters. The number of amides is 2. The van der Waals surface area contributed by atoms with Gasteiger partial charge in [-0.15, -0.1) is 0 Å². The highest BCUT2D eigenvalue weighted by Crippen LogP contribution is 2.47. The smallest absolute Gasteiger partial charge is 0.261 e. The maximum atomic E-state index is 12.4. The van der Waals surface area contributed by atoms with E-state index in [9.17, 15) is 9.59 Å². The second kappa shape index (κ2) is 4.04. The van der Waals surface area contributed by atoms with Crippen molar-refractivity contribution < 1.29 is 9.59 Å². The third-order valence-electron chi connectivity index (χ3n) is 4.14. The van der Waals surface area contributed by atoms with Crippen LogP contribution in [0.25, 0.3) is 0 Å². The van der Waals surface area contributed by atoms with Crippen LogP contribution in [-0.4, -0.2) is 22.8 Å². The van der Waals surface area contributed by atoms with Crippen LogP contribution in [-0.2, 0) is 0 Å². The van der Waals surface area contributed by atoms with Gasteiger partial charge >= 0.3 is 0 Å². The molecule has 1 heterocycles. The number of carbonyl (C=O) groups is 2. The Labute approximate surface area is 116 Å². The summed E-state index contributed by atoms with van der Waals surface area (Å²) in [4.78, 5) is 26.2. The van der Waals surface area contributed by atoms with Crippen LogP contribution in [0.2, 0.25) is 0 Å². The maximum absolute atomic E-state index is 12.4. The molecule has 1 aliphatic carbocycles. The first-order valence-electron chi connectivity index (χ1n) is 6.79. The fourth-order valence-corrected chi connectivity index (χ4v) is 3.03.